The van der Waals surface area contributed by atoms with Crippen molar-refractivity contribution in [2.24, 2.45) is 0 Å². The van der Waals surface area contributed by atoms with Gasteiger partial charge in [-0.05, 0) is 43.7 Å². The van der Waals surface area contributed by atoms with Gasteiger partial charge in [0, 0.05) is 16.3 Å². The van der Waals surface area contributed by atoms with Gasteiger partial charge in [0.05, 0.1) is 5.69 Å². The van der Waals surface area contributed by atoms with E-state index < -0.39 is 5.91 Å². The average Bonchev–Trinajstić information content (AvgIpc) is 3.18. The highest BCUT2D eigenvalue weighted by molar-refractivity contribution is 6.31. The van der Waals surface area contributed by atoms with E-state index in [0.717, 1.165) is 22.4 Å². The van der Waals surface area contributed by atoms with Crippen molar-refractivity contribution >= 4 is 23.2 Å². The zero-order valence-corrected chi connectivity index (χ0v) is 16.8. The monoisotopic (exact) mass is 402 g/mol. The van der Waals surface area contributed by atoms with Crippen LogP contribution in [0.1, 0.15) is 21.7 Å². The smallest absolute Gasteiger partial charge is 0.295 e. The number of para-hydroxylation sites is 1. The quantitative estimate of drug-likeness (QED) is 0.493. The van der Waals surface area contributed by atoms with Crippen LogP contribution >= 0.6 is 11.6 Å². The number of halogens is 1. The van der Waals surface area contributed by atoms with E-state index in [9.17, 15) is 4.79 Å². The molecule has 0 fully saturated rings. The van der Waals surface area contributed by atoms with Gasteiger partial charge in [-0.3, -0.25) is 4.79 Å². The van der Waals surface area contributed by atoms with E-state index in [2.05, 4.69) is 15.4 Å². The number of nitrogens with one attached hydrogen (secondary N) is 1. The van der Waals surface area contributed by atoms with Crippen molar-refractivity contribution in [3.8, 4) is 17.1 Å². The second-order valence-electron chi connectivity index (χ2n) is 6.74. The molecule has 1 heterocycles. The summed E-state index contributed by atoms with van der Waals surface area (Å²) in [6.07, 6.45) is 0. The van der Waals surface area contributed by atoms with Gasteiger partial charge in [0.15, 0.2) is 5.82 Å². The van der Waals surface area contributed by atoms with Gasteiger partial charge in [-0.1, -0.05) is 65.7 Å². The molecule has 4 aromatic rings. The first-order chi connectivity index (χ1) is 14.0. The fourth-order valence-corrected chi connectivity index (χ4v) is 3.14. The number of carbonyl (C=O) groups excluding carboxylic acids is 1. The highest BCUT2D eigenvalue weighted by Gasteiger charge is 2.19. The molecule has 1 amide bonds. The topological polar surface area (TPSA) is 59.8 Å². The average molecular weight is 403 g/mol. The van der Waals surface area contributed by atoms with Gasteiger partial charge in [0.25, 0.3) is 5.91 Å². The Morgan fingerprint density at radius 3 is 2.38 bits per heavy atom. The lowest BCUT2D eigenvalue weighted by Crippen LogP contribution is -2.15. The van der Waals surface area contributed by atoms with Crippen molar-refractivity contribution in [2.45, 2.75) is 13.8 Å². The Hall–Kier alpha value is -3.44. The number of carbonyl (C=O) groups is 1. The Labute approximate surface area is 174 Å². The van der Waals surface area contributed by atoms with Gasteiger partial charge in [-0.25, -0.2) is 9.67 Å². The van der Waals surface area contributed by atoms with Crippen LogP contribution in [0.4, 0.5) is 5.69 Å². The molecule has 0 bridgehead atoms. The molecule has 3 aromatic carbocycles. The molecule has 0 saturated carbocycles. The summed E-state index contributed by atoms with van der Waals surface area (Å²) in [5.74, 6) is 0.298. The maximum Gasteiger partial charge on any atom is 0.295 e. The summed E-state index contributed by atoms with van der Waals surface area (Å²) in [5.41, 5.74) is 4.28. The minimum Gasteiger partial charge on any atom is -0.319 e. The first-order valence-electron chi connectivity index (χ1n) is 9.19. The Morgan fingerprint density at radius 2 is 1.66 bits per heavy atom. The summed E-state index contributed by atoms with van der Waals surface area (Å²) in [7, 11) is 0. The van der Waals surface area contributed by atoms with Gasteiger partial charge < -0.3 is 5.32 Å². The molecule has 5 nitrogen and oxygen atoms in total. The molecular weight excluding hydrogens is 384 g/mol. The molecule has 4 rings (SSSR count). The van der Waals surface area contributed by atoms with E-state index in [-0.39, 0.29) is 5.82 Å². The lowest BCUT2D eigenvalue weighted by Gasteiger charge is -2.07. The number of aryl methyl sites for hydroxylation is 1. The standard InChI is InChI=1S/C23H19ClN4O/c1-15-11-13-17(14-12-15)22-26-21(27-28(22)18-7-4-3-5-8-18)23(29)25-20-10-6-9-19(24)16(20)2/h3-14H,1-2H3,(H,25,29). The van der Waals surface area contributed by atoms with Gasteiger partial charge in [-0.2, -0.15) is 0 Å². The van der Waals surface area contributed by atoms with Crippen LogP contribution in [0.15, 0.2) is 72.8 Å². The summed E-state index contributed by atoms with van der Waals surface area (Å²) in [4.78, 5) is 17.4. The summed E-state index contributed by atoms with van der Waals surface area (Å²) < 4.78 is 1.68. The van der Waals surface area contributed by atoms with Crippen LogP contribution in [0.25, 0.3) is 17.1 Å². The Balaban J connectivity index is 1.75. The first kappa shape index (κ1) is 18.9. The van der Waals surface area contributed by atoms with E-state index in [4.69, 9.17) is 11.6 Å². The second-order valence-corrected chi connectivity index (χ2v) is 7.15. The molecule has 0 spiro atoms. The molecule has 0 aliphatic heterocycles. The number of nitrogens with zero attached hydrogens (tertiary/aromatic N) is 3. The van der Waals surface area contributed by atoms with E-state index >= 15 is 0 Å². The van der Waals surface area contributed by atoms with Gasteiger partial charge in [-0.15, -0.1) is 5.10 Å². The highest BCUT2D eigenvalue weighted by atomic mass is 35.5. The molecule has 6 heteroatoms. The van der Waals surface area contributed by atoms with Crippen LogP contribution in [0.5, 0.6) is 0 Å². The third kappa shape index (κ3) is 3.91. The number of rotatable bonds is 4. The molecule has 1 N–H and O–H groups in total. The predicted molar refractivity (Wildman–Crippen MR) is 116 cm³/mol. The Morgan fingerprint density at radius 1 is 0.931 bits per heavy atom. The zero-order chi connectivity index (χ0) is 20.4. The van der Waals surface area contributed by atoms with Gasteiger partial charge >= 0.3 is 0 Å². The largest absolute Gasteiger partial charge is 0.319 e. The third-order valence-electron chi connectivity index (χ3n) is 4.64. The minimum atomic E-state index is -0.390. The van der Waals surface area contributed by atoms with E-state index in [1.165, 1.54) is 0 Å². The van der Waals surface area contributed by atoms with Crippen molar-refractivity contribution < 1.29 is 4.79 Å². The number of amides is 1. The summed E-state index contributed by atoms with van der Waals surface area (Å²) >= 11 is 6.16. The molecular formula is C23H19ClN4O. The van der Waals surface area contributed by atoms with Crippen molar-refractivity contribution in [3.63, 3.8) is 0 Å². The molecule has 0 radical (unpaired) electrons. The first-order valence-corrected chi connectivity index (χ1v) is 9.57. The number of hydrogen-bond donors (Lipinski definition) is 1. The molecule has 144 valence electrons. The minimum absolute atomic E-state index is 0.0869. The molecule has 0 aliphatic carbocycles. The van der Waals surface area contributed by atoms with Gasteiger partial charge in [0.2, 0.25) is 5.82 Å². The van der Waals surface area contributed by atoms with Crippen molar-refractivity contribution in [1.29, 1.82) is 0 Å². The van der Waals surface area contributed by atoms with Crippen LogP contribution in [-0.4, -0.2) is 20.7 Å². The molecule has 0 saturated heterocycles. The summed E-state index contributed by atoms with van der Waals surface area (Å²) in [6, 6.07) is 23.0. The van der Waals surface area contributed by atoms with Crippen LogP contribution in [0.2, 0.25) is 5.02 Å². The number of aromatic nitrogens is 3. The molecule has 29 heavy (non-hydrogen) atoms. The maximum atomic E-state index is 12.9. The number of anilines is 1. The van der Waals surface area contributed by atoms with Crippen LogP contribution in [0.3, 0.4) is 0 Å². The molecule has 0 atom stereocenters. The lowest BCUT2D eigenvalue weighted by atomic mass is 10.1. The van der Waals surface area contributed by atoms with Crippen LogP contribution < -0.4 is 5.32 Å². The maximum absolute atomic E-state index is 12.9. The summed E-state index contributed by atoms with van der Waals surface area (Å²) in [6.45, 7) is 3.88. The SMILES string of the molecule is Cc1ccc(-c2nc(C(=O)Nc3cccc(Cl)c3C)nn2-c2ccccc2)cc1. The van der Waals surface area contributed by atoms with E-state index in [0.29, 0.717) is 16.5 Å². The fourth-order valence-electron chi connectivity index (χ4n) is 2.97. The highest BCUT2D eigenvalue weighted by Crippen LogP contribution is 2.25. The van der Waals surface area contributed by atoms with Crippen LogP contribution in [-0.2, 0) is 0 Å². The molecule has 1 aromatic heterocycles. The normalized spacial score (nSPS) is 10.7. The summed E-state index contributed by atoms with van der Waals surface area (Å²) in [5, 5.41) is 7.93. The lowest BCUT2D eigenvalue weighted by molar-refractivity contribution is 0.101. The second kappa shape index (κ2) is 7.89. The third-order valence-corrected chi connectivity index (χ3v) is 5.05. The van der Waals surface area contributed by atoms with Gasteiger partial charge in [0.1, 0.15) is 0 Å². The van der Waals surface area contributed by atoms with Crippen molar-refractivity contribution in [2.75, 3.05) is 5.32 Å². The van der Waals surface area contributed by atoms with Crippen LogP contribution in [0, 0.1) is 13.8 Å². The van der Waals surface area contributed by atoms with E-state index in [1.54, 1.807) is 22.9 Å². The van der Waals surface area contributed by atoms with E-state index in [1.807, 2.05) is 68.4 Å². The molecule has 0 aliphatic rings. The zero-order valence-electron chi connectivity index (χ0n) is 16.1. The predicted octanol–water partition coefficient (Wildman–Crippen LogP) is 5.46. The Kier molecular flexibility index (Phi) is 5.14. The Bertz CT molecular complexity index is 1170. The number of hydrogen-bond acceptors (Lipinski definition) is 3. The fraction of sp³-hybridized carbons (Fsp3) is 0.0870. The van der Waals surface area contributed by atoms with Crippen molar-refractivity contribution in [3.05, 3.63) is 94.8 Å². The van der Waals surface area contributed by atoms with Crippen molar-refractivity contribution in [1.82, 2.24) is 14.8 Å². The number of benzene rings is 3. The molecule has 0 unspecified atom stereocenters.